The topological polar surface area (TPSA) is 160 Å². The van der Waals surface area contributed by atoms with Crippen LogP contribution < -0.4 is 16.4 Å². The number of nitrogens with one attached hydrogen (secondary N) is 2. The molecule has 1 aliphatic heterocycles. The summed E-state index contributed by atoms with van der Waals surface area (Å²) in [6.07, 6.45) is 0.870. The summed E-state index contributed by atoms with van der Waals surface area (Å²) in [5, 5.41) is 13.8. The van der Waals surface area contributed by atoms with Gasteiger partial charge >= 0.3 is 0 Å². The fourth-order valence-corrected chi connectivity index (χ4v) is 5.91. The quantitative estimate of drug-likeness (QED) is 0.383. The molecule has 3 aromatic heterocycles. The van der Waals surface area contributed by atoms with Crippen molar-refractivity contribution in [3.63, 3.8) is 0 Å². The number of nitrogens with two attached hydrogens (primary N) is 1. The largest absolute Gasteiger partial charge is 0.368 e. The van der Waals surface area contributed by atoms with Crippen molar-refractivity contribution in [3.8, 4) is 0 Å². The number of aromatic nitrogens is 3. The lowest BCUT2D eigenvalue weighted by Gasteiger charge is -2.39. The van der Waals surface area contributed by atoms with Crippen molar-refractivity contribution in [2.24, 2.45) is 5.73 Å². The van der Waals surface area contributed by atoms with Gasteiger partial charge in [-0.05, 0) is 49.7 Å². The zero-order valence-electron chi connectivity index (χ0n) is 19.6. The van der Waals surface area contributed by atoms with Crippen LogP contribution in [-0.2, 0) is 16.0 Å². The Kier molecular flexibility index (Phi) is 8.06. The molecule has 0 saturated carbocycles. The average molecular weight is 548 g/mol. The van der Waals surface area contributed by atoms with Crippen LogP contribution in [-0.4, -0.2) is 67.8 Å². The number of hydrogen-bond acceptors (Lipinski definition) is 10. The molecule has 1 aliphatic rings. The molecular weight excluding hydrogens is 522 g/mol. The highest BCUT2D eigenvalue weighted by Gasteiger charge is 2.39. The predicted octanol–water partition coefficient (Wildman–Crippen LogP) is 1.29. The number of thiophene rings is 1. The Morgan fingerprint density at radius 3 is 2.67 bits per heavy atom. The van der Waals surface area contributed by atoms with Gasteiger partial charge in [-0.15, -0.1) is 27.8 Å². The van der Waals surface area contributed by atoms with Gasteiger partial charge in [0.15, 0.2) is 0 Å². The summed E-state index contributed by atoms with van der Waals surface area (Å²) >= 11 is 3.80. The molecule has 0 radical (unpaired) electrons. The molecule has 0 spiro atoms. The molecule has 1 fully saturated rings. The van der Waals surface area contributed by atoms with Crippen LogP contribution in [0.5, 0.6) is 0 Å². The van der Waals surface area contributed by atoms with E-state index in [0.29, 0.717) is 17.0 Å². The number of hydrogen-bond donors (Lipinski definition) is 3. The van der Waals surface area contributed by atoms with Crippen LogP contribution in [0, 0.1) is 13.8 Å². The number of thiazole rings is 1. The number of amides is 4. The number of carbonyl (C=O) groups is 4. The molecule has 190 valence electrons. The van der Waals surface area contributed by atoms with Crippen molar-refractivity contribution in [1.82, 2.24) is 30.1 Å². The number of likely N-dealkylation sites (tertiary alicyclic amines) is 1. The van der Waals surface area contributed by atoms with E-state index in [1.807, 2.05) is 17.5 Å². The maximum Gasteiger partial charge on any atom is 0.274 e. The normalized spacial score (nSPS) is 18.4. The van der Waals surface area contributed by atoms with E-state index in [1.54, 1.807) is 19.2 Å². The molecule has 3 atom stereocenters. The van der Waals surface area contributed by atoms with Crippen molar-refractivity contribution >= 4 is 57.8 Å². The first-order chi connectivity index (χ1) is 17.2. The lowest BCUT2D eigenvalue weighted by Crippen LogP contribution is -2.59. The summed E-state index contributed by atoms with van der Waals surface area (Å²) in [6, 6.07) is 1.47. The van der Waals surface area contributed by atoms with Crippen LogP contribution in [0.25, 0.3) is 0 Å². The lowest BCUT2D eigenvalue weighted by atomic mass is 9.95. The Labute approximate surface area is 219 Å². The number of primary amides is 1. The minimum absolute atomic E-state index is 0.169. The lowest BCUT2D eigenvalue weighted by molar-refractivity contribution is -0.131. The van der Waals surface area contributed by atoms with Gasteiger partial charge in [-0.3, -0.25) is 19.2 Å². The predicted molar refractivity (Wildman–Crippen MR) is 136 cm³/mol. The van der Waals surface area contributed by atoms with E-state index in [-0.39, 0.29) is 42.9 Å². The highest BCUT2D eigenvalue weighted by Crippen LogP contribution is 2.23. The summed E-state index contributed by atoms with van der Waals surface area (Å²) in [6.45, 7) is 3.72. The van der Waals surface area contributed by atoms with E-state index in [4.69, 9.17) is 5.73 Å². The van der Waals surface area contributed by atoms with E-state index >= 15 is 0 Å². The highest BCUT2D eigenvalue weighted by atomic mass is 32.1. The summed E-state index contributed by atoms with van der Waals surface area (Å²) in [5.41, 5.74) is 6.36. The van der Waals surface area contributed by atoms with Crippen LogP contribution in [0.15, 0.2) is 22.9 Å². The molecule has 0 aliphatic carbocycles. The first-order valence-corrected chi connectivity index (χ1v) is 13.7. The molecule has 0 bridgehead atoms. The van der Waals surface area contributed by atoms with E-state index < -0.39 is 23.9 Å². The van der Waals surface area contributed by atoms with Gasteiger partial charge in [0, 0.05) is 29.3 Å². The zero-order valence-corrected chi connectivity index (χ0v) is 22.0. The maximum atomic E-state index is 13.4. The van der Waals surface area contributed by atoms with Gasteiger partial charge in [0.2, 0.25) is 11.8 Å². The Morgan fingerprint density at radius 1 is 1.25 bits per heavy atom. The maximum absolute atomic E-state index is 13.4. The second-order valence-electron chi connectivity index (χ2n) is 8.40. The highest BCUT2D eigenvalue weighted by molar-refractivity contribution is 7.10. The molecule has 11 nitrogen and oxygen atoms in total. The first kappa shape index (κ1) is 25.9. The van der Waals surface area contributed by atoms with Gasteiger partial charge in [0.25, 0.3) is 11.8 Å². The van der Waals surface area contributed by atoms with Crippen molar-refractivity contribution in [2.45, 2.75) is 51.2 Å². The molecule has 1 saturated heterocycles. The number of rotatable bonds is 8. The van der Waals surface area contributed by atoms with Gasteiger partial charge in [-0.25, -0.2) is 4.98 Å². The Bertz CT molecular complexity index is 1260. The smallest absolute Gasteiger partial charge is 0.274 e. The van der Waals surface area contributed by atoms with Crippen molar-refractivity contribution in [2.75, 3.05) is 6.54 Å². The van der Waals surface area contributed by atoms with Crippen molar-refractivity contribution < 1.29 is 19.2 Å². The second kappa shape index (κ2) is 11.2. The Morgan fingerprint density at radius 2 is 2.06 bits per heavy atom. The third-order valence-electron chi connectivity index (χ3n) is 5.84. The Hall–Kier alpha value is -3.23. The number of nitrogens with zero attached hydrogens (tertiary/aromatic N) is 4. The SMILES string of the molecule is Cc1nc(C(=O)N2CC[C@H](NC(=O)c3snnc3C)C[C@H]2C(=O)N[C@@H](Cc2cccs2)C(N)=O)cs1. The molecule has 3 aromatic rings. The van der Waals surface area contributed by atoms with E-state index in [2.05, 4.69) is 25.2 Å². The molecule has 0 aromatic carbocycles. The van der Waals surface area contributed by atoms with Crippen molar-refractivity contribution in [1.29, 1.82) is 0 Å². The Balaban J connectivity index is 1.53. The fourth-order valence-electron chi connectivity index (χ4n) is 4.01. The third-order valence-corrected chi connectivity index (χ3v) is 8.34. The summed E-state index contributed by atoms with van der Waals surface area (Å²) < 4.78 is 3.79. The summed E-state index contributed by atoms with van der Waals surface area (Å²) in [4.78, 5) is 58.6. The minimum Gasteiger partial charge on any atom is -0.368 e. The number of carbonyl (C=O) groups excluding carboxylic acids is 4. The molecule has 4 amide bonds. The fraction of sp³-hybridized carbons (Fsp3) is 0.409. The van der Waals surface area contributed by atoms with Gasteiger partial charge in [-0.1, -0.05) is 10.6 Å². The monoisotopic (exact) mass is 547 g/mol. The van der Waals surface area contributed by atoms with Crippen LogP contribution in [0.4, 0.5) is 0 Å². The van der Waals surface area contributed by atoms with Crippen LogP contribution in [0.1, 0.15) is 48.6 Å². The summed E-state index contributed by atoms with van der Waals surface area (Å²) in [5.74, 6) is -1.88. The molecular formula is C22H25N7O4S3. The first-order valence-electron chi connectivity index (χ1n) is 11.2. The molecule has 4 N–H and O–H groups in total. The van der Waals surface area contributed by atoms with Gasteiger partial charge < -0.3 is 21.3 Å². The van der Waals surface area contributed by atoms with Crippen LogP contribution in [0.2, 0.25) is 0 Å². The molecule has 36 heavy (non-hydrogen) atoms. The van der Waals surface area contributed by atoms with Gasteiger partial charge in [-0.2, -0.15) is 0 Å². The molecule has 4 rings (SSSR count). The molecule has 4 heterocycles. The van der Waals surface area contributed by atoms with Gasteiger partial charge in [0.05, 0.1) is 10.7 Å². The van der Waals surface area contributed by atoms with E-state index in [9.17, 15) is 19.2 Å². The average Bonchev–Trinajstić information content (AvgIpc) is 3.60. The molecule has 14 heteroatoms. The van der Waals surface area contributed by atoms with E-state index in [1.165, 1.54) is 27.6 Å². The van der Waals surface area contributed by atoms with Crippen LogP contribution >= 0.6 is 34.2 Å². The summed E-state index contributed by atoms with van der Waals surface area (Å²) in [7, 11) is 0. The standard InChI is InChI=1S/C22H25N7O4S3/c1-11-18(36-28-27-11)21(32)25-13-5-6-29(22(33)16-10-35-12(2)24-16)17(8-13)20(31)26-15(19(23)30)9-14-4-3-7-34-14/h3-4,7,10,13,15,17H,5-6,8-9H2,1-2H3,(H2,23,30)(H,25,32)(H,26,31)/t13-,15-,17-/m0/s1. The number of piperidine rings is 1. The van der Waals surface area contributed by atoms with E-state index in [0.717, 1.165) is 21.4 Å². The van der Waals surface area contributed by atoms with Gasteiger partial charge in [0.1, 0.15) is 22.7 Å². The third kappa shape index (κ3) is 5.94. The minimum atomic E-state index is -0.935. The second-order valence-corrected chi connectivity index (χ2v) is 11.2. The van der Waals surface area contributed by atoms with Crippen molar-refractivity contribution in [3.05, 3.63) is 49.0 Å². The number of aryl methyl sites for hydroxylation is 2. The van der Waals surface area contributed by atoms with Crippen LogP contribution in [0.3, 0.4) is 0 Å². The zero-order chi connectivity index (χ0) is 25.8. The molecule has 0 unspecified atom stereocenters.